The minimum Gasteiger partial charge on any atom is -0.261 e. The van der Waals surface area contributed by atoms with Crippen molar-refractivity contribution >= 4 is 23.2 Å². The Bertz CT molecular complexity index is 239. The Kier molecular flexibility index (Phi) is 2.46. The summed E-state index contributed by atoms with van der Waals surface area (Å²) in [5, 5.41) is 0.0602. The van der Waals surface area contributed by atoms with Crippen molar-refractivity contribution < 1.29 is 4.39 Å². The van der Waals surface area contributed by atoms with Crippen LogP contribution in [0.15, 0.2) is 12.4 Å². The molecular formula is C6H4Cl2FN. The zero-order chi connectivity index (χ0) is 7.56. The van der Waals surface area contributed by atoms with Crippen LogP contribution >= 0.6 is 23.2 Å². The molecule has 0 bridgehead atoms. The molecule has 10 heavy (non-hydrogen) atoms. The van der Waals surface area contributed by atoms with Crippen LogP contribution in [0, 0.1) is 5.82 Å². The van der Waals surface area contributed by atoms with Crippen molar-refractivity contribution in [1.82, 2.24) is 4.98 Å². The average Bonchev–Trinajstić information content (AvgIpc) is 1.95. The molecule has 1 rings (SSSR count). The van der Waals surface area contributed by atoms with Gasteiger partial charge in [-0.1, -0.05) is 11.6 Å². The quantitative estimate of drug-likeness (QED) is 0.605. The largest absolute Gasteiger partial charge is 0.261 e. The van der Waals surface area contributed by atoms with Crippen molar-refractivity contribution in [2.75, 3.05) is 0 Å². The highest BCUT2D eigenvalue weighted by Crippen LogP contribution is 2.19. The lowest BCUT2D eigenvalue weighted by atomic mass is 10.3. The molecule has 0 aliphatic heterocycles. The number of nitrogens with zero attached hydrogens (tertiary/aromatic N) is 1. The predicted molar refractivity (Wildman–Crippen MR) is 38.8 cm³/mol. The van der Waals surface area contributed by atoms with E-state index in [1.54, 1.807) is 0 Å². The second-order valence-corrected chi connectivity index (χ2v) is 2.37. The number of pyridine rings is 1. The van der Waals surface area contributed by atoms with Gasteiger partial charge in [-0.2, -0.15) is 0 Å². The highest BCUT2D eigenvalue weighted by atomic mass is 35.5. The summed E-state index contributed by atoms with van der Waals surface area (Å²) >= 11 is 10.9. The number of halogens is 3. The molecule has 1 nitrogen and oxygen atoms in total. The fourth-order valence-electron chi connectivity index (χ4n) is 0.553. The molecule has 1 heterocycles. The summed E-state index contributed by atoms with van der Waals surface area (Å²) < 4.78 is 12.5. The smallest absolute Gasteiger partial charge is 0.160 e. The van der Waals surface area contributed by atoms with Gasteiger partial charge < -0.3 is 0 Å². The molecule has 0 fully saturated rings. The molecule has 0 radical (unpaired) electrons. The maximum Gasteiger partial charge on any atom is 0.160 e. The Morgan fingerprint density at radius 2 is 2.20 bits per heavy atom. The van der Waals surface area contributed by atoms with Crippen molar-refractivity contribution in [3.8, 4) is 0 Å². The van der Waals surface area contributed by atoms with E-state index in [0.29, 0.717) is 5.56 Å². The van der Waals surface area contributed by atoms with Gasteiger partial charge in [-0.3, -0.25) is 4.98 Å². The number of aromatic nitrogens is 1. The van der Waals surface area contributed by atoms with Crippen molar-refractivity contribution in [1.29, 1.82) is 0 Å². The molecule has 0 aliphatic carbocycles. The summed E-state index contributed by atoms with van der Waals surface area (Å²) in [7, 11) is 0. The average molecular weight is 180 g/mol. The van der Waals surface area contributed by atoms with Gasteiger partial charge in [0.1, 0.15) is 0 Å². The van der Waals surface area contributed by atoms with Gasteiger partial charge in [-0.15, -0.1) is 11.6 Å². The van der Waals surface area contributed by atoms with E-state index in [9.17, 15) is 4.39 Å². The third kappa shape index (κ3) is 1.39. The van der Waals surface area contributed by atoms with E-state index in [1.165, 1.54) is 6.20 Å². The van der Waals surface area contributed by atoms with Crippen molar-refractivity contribution in [2.45, 2.75) is 5.88 Å². The van der Waals surface area contributed by atoms with E-state index in [2.05, 4.69) is 4.98 Å². The first-order valence-corrected chi connectivity index (χ1v) is 3.51. The van der Waals surface area contributed by atoms with Crippen LogP contribution in [0.2, 0.25) is 5.02 Å². The standard InChI is InChI=1S/C6H4Cl2FN/c7-1-4-2-10-3-5(9)6(4)8/h2-3H,1H2. The van der Waals surface area contributed by atoms with E-state index in [4.69, 9.17) is 23.2 Å². The highest BCUT2D eigenvalue weighted by Gasteiger charge is 2.03. The van der Waals surface area contributed by atoms with Crippen molar-refractivity contribution in [3.63, 3.8) is 0 Å². The van der Waals surface area contributed by atoms with Gasteiger partial charge in [0.25, 0.3) is 0 Å². The Hall–Kier alpha value is -0.340. The SMILES string of the molecule is Fc1cncc(CCl)c1Cl. The summed E-state index contributed by atoms with van der Waals surface area (Å²) in [6, 6.07) is 0. The van der Waals surface area contributed by atoms with Crippen molar-refractivity contribution in [2.24, 2.45) is 0 Å². The highest BCUT2D eigenvalue weighted by molar-refractivity contribution is 6.32. The molecule has 0 saturated heterocycles. The summed E-state index contributed by atoms with van der Waals surface area (Å²) in [6.45, 7) is 0. The Balaban J connectivity index is 3.14. The summed E-state index contributed by atoms with van der Waals surface area (Å²) in [6.07, 6.45) is 2.50. The first-order valence-electron chi connectivity index (χ1n) is 2.59. The zero-order valence-corrected chi connectivity index (χ0v) is 6.45. The molecule has 0 saturated carbocycles. The second kappa shape index (κ2) is 3.17. The van der Waals surface area contributed by atoms with E-state index in [0.717, 1.165) is 6.20 Å². The zero-order valence-electron chi connectivity index (χ0n) is 4.94. The molecule has 0 aromatic carbocycles. The molecule has 0 atom stereocenters. The normalized spacial score (nSPS) is 9.90. The van der Waals surface area contributed by atoms with E-state index < -0.39 is 5.82 Å². The van der Waals surface area contributed by atoms with Gasteiger partial charge in [-0.05, 0) is 0 Å². The Morgan fingerprint density at radius 1 is 1.50 bits per heavy atom. The van der Waals surface area contributed by atoms with Crippen LogP contribution in [0.5, 0.6) is 0 Å². The topological polar surface area (TPSA) is 12.9 Å². The second-order valence-electron chi connectivity index (χ2n) is 1.73. The molecule has 0 N–H and O–H groups in total. The van der Waals surface area contributed by atoms with E-state index in [-0.39, 0.29) is 10.9 Å². The van der Waals surface area contributed by atoms with Crippen LogP contribution in [-0.4, -0.2) is 4.98 Å². The molecule has 0 unspecified atom stereocenters. The molecule has 0 spiro atoms. The molecule has 54 valence electrons. The number of alkyl halides is 1. The van der Waals surface area contributed by atoms with Gasteiger partial charge in [-0.25, -0.2) is 4.39 Å². The minimum atomic E-state index is -0.528. The maximum atomic E-state index is 12.5. The lowest BCUT2D eigenvalue weighted by Crippen LogP contribution is -1.86. The van der Waals surface area contributed by atoms with Gasteiger partial charge in [0.2, 0.25) is 0 Å². The molecule has 0 aliphatic rings. The fraction of sp³-hybridized carbons (Fsp3) is 0.167. The molecule has 1 aromatic heterocycles. The van der Waals surface area contributed by atoms with Crippen LogP contribution in [-0.2, 0) is 5.88 Å². The van der Waals surface area contributed by atoms with Crippen LogP contribution in [0.3, 0.4) is 0 Å². The first kappa shape index (κ1) is 7.76. The van der Waals surface area contributed by atoms with E-state index in [1.807, 2.05) is 0 Å². The molecule has 4 heteroatoms. The Morgan fingerprint density at radius 3 is 2.70 bits per heavy atom. The molecular weight excluding hydrogens is 176 g/mol. The Labute approximate surface area is 67.8 Å². The minimum absolute atomic E-state index is 0.0602. The van der Waals surface area contributed by atoms with Crippen LogP contribution in [0.4, 0.5) is 4.39 Å². The van der Waals surface area contributed by atoms with Crippen LogP contribution in [0.25, 0.3) is 0 Å². The third-order valence-electron chi connectivity index (χ3n) is 1.05. The third-order valence-corrected chi connectivity index (χ3v) is 1.77. The molecule has 0 amide bonds. The van der Waals surface area contributed by atoms with Crippen LogP contribution in [0.1, 0.15) is 5.56 Å². The van der Waals surface area contributed by atoms with Crippen LogP contribution < -0.4 is 0 Å². The summed E-state index contributed by atoms with van der Waals surface area (Å²) in [4.78, 5) is 3.57. The maximum absolute atomic E-state index is 12.5. The van der Waals surface area contributed by atoms with Gasteiger partial charge in [0.15, 0.2) is 5.82 Å². The fourth-order valence-corrected chi connectivity index (χ4v) is 0.988. The molecule has 1 aromatic rings. The van der Waals surface area contributed by atoms with Gasteiger partial charge in [0, 0.05) is 11.8 Å². The predicted octanol–water partition coefficient (Wildman–Crippen LogP) is 2.61. The van der Waals surface area contributed by atoms with Gasteiger partial charge in [0.05, 0.1) is 17.1 Å². The monoisotopic (exact) mass is 179 g/mol. The van der Waals surface area contributed by atoms with Crippen molar-refractivity contribution in [3.05, 3.63) is 28.8 Å². The summed E-state index contributed by atoms with van der Waals surface area (Å²) in [5.41, 5.74) is 0.517. The van der Waals surface area contributed by atoms with E-state index >= 15 is 0 Å². The number of rotatable bonds is 1. The lowest BCUT2D eigenvalue weighted by Gasteiger charge is -1.97. The summed E-state index contributed by atoms with van der Waals surface area (Å²) in [5.74, 6) is -0.344. The number of hydrogen-bond acceptors (Lipinski definition) is 1. The van der Waals surface area contributed by atoms with Gasteiger partial charge >= 0.3 is 0 Å². The first-order chi connectivity index (χ1) is 4.75. The lowest BCUT2D eigenvalue weighted by molar-refractivity contribution is 0.620. The number of hydrogen-bond donors (Lipinski definition) is 0.